The van der Waals surface area contributed by atoms with Gasteiger partial charge in [0.05, 0.1) is 16.8 Å². The molecular weight excluding hydrogens is 480 g/mol. The first-order valence-corrected chi connectivity index (χ1v) is 13.4. The molecule has 0 saturated carbocycles. The van der Waals surface area contributed by atoms with Gasteiger partial charge in [-0.05, 0) is 41.5 Å². The Balaban J connectivity index is 1.11. The summed E-state index contributed by atoms with van der Waals surface area (Å²) in [5.74, 6) is 1.49. The number of piperidine rings is 1. The molecule has 2 fully saturated rings. The zero-order valence-corrected chi connectivity index (χ0v) is 21.3. The predicted octanol–water partition coefficient (Wildman–Crippen LogP) is 2.87. The minimum absolute atomic E-state index is 0.139. The number of carbonyl (C=O) groups is 2. The predicted molar refractivity (Wildman–Crippen MR) is 140 cm³/mol. The molecule has 10 heteroatoms. The Morgan fingerprint density at radius 1 is 1.14 bits per heavy atom. The van der Waals surface area contributed by atoms with Gasteiger partial charge in [-0.2, -0.15) is 12.6 Å². The Labute approximate surface area is 213 Å². The van der Waals surface area contributed by atoms with E-state index in [-0.39, 0.29) is 23.2 Å². The van der Waals surface area contributed by atoms with Crippen LogP contribution in [0.15, 0.2) is 29.6 Å². The smallest absolute Gasteiger partial charge is 0.243 e. The second kappa shape index (κ2) is 9.16. The summed E-state index contributed by atoms with van der Waals surface area (Å²) < 4.78 is 0. The number of hydrogen-bond acceptors (Lipinski definition) is 9. The Bertz CT molecular complexity index is 1300. The van der Waals surface area contributed by atoms with Crippen LogP contribution in [0.1, 0.15) is 40.7 Å². The molecule has 8 nitrogen and oxygen atoms in total. The number of piperazine rings is 1. The highest BCUT2D eigenvalue weighted by Crippen LogP contribution is 2.39. The zero-order valence-electron chi connectivity index (χ0n) is 19.6. The van der Waals surface area contributed by atoms with Crippen LogP contribution >= 0.6 is 24.0 Å². The van der Waals surface area contributed by atoms with E-state index < -0.39 is 0 Å². The summed E-state index contributed by atoms with van der Waals surface area (Å²) in [6.45, 7) is 7.34. The molecule has 35 heavy (non-hydrogen) atoms. The van der Waals surface area contributed by atoms with Gasteiger partial charge in [0.15, 0.2) is 0 Å². The van der Waals surface area contributed by atoms with E-state index in [4.69, 9.17) is 17.6 Å². The van der Waals surface area contributed by atoms with Crippen LogP contribution in [-0.2, 0) is 22.7 Å². The maximum absolute atomic E-state index is 12.4. The molecule has 0 radical (unpaired) electrons. The summed E-state index contributed by atoms with van der Waals surface area (Å²) in [5, 5.41) is 5.57. The molecule has 2 saturated heterocycles. The van der Waals surface area contributed by atoms with Gasteiger partial charge in [0, 0.05) is 45.7 Å². The zero-order chi connectivity index (χ0) is 24.1. The third-order valence-corrected chi connectivity index (χ3v) is 8.64. The number of hydrogen-bond donors (Lipinski definition) is 2. The summed E-state index contributed by atoms with van der Waals surface area (Å²) in [4.78, 5) is 41.3. The molecule has 6 rings (SSSR count). The third-order valence-electron chi connectivity index (χ3n) is 7.26. The molecule has 2 aromatic heterocycles. The van der Waals surface area contributed by atoms with Crippen molar-refractivity contribution in [2.45, 2.75) is 44.3 Å². The number of imide groups is 1. The van der Waals surface area contributed by atoms with Crippen molar-refractivity contribution in [3.8, 4) is 0 Å². The van der Waals surface area contributed by atoms with Gasteiger partial charge in [0.25, 0.3) is 0 Å². The van der Waals surface area contributed by atoms with E-state index in [9.17, 15) is 9.59 Å². The maximum Gasteiger partial charge on any atom is 0.243 e. The second-order valence-corrected chi connectivity index (χ2v) is 10.9. The number of nitrogens with one attached hydrogen (secondary N) is 1. The Morgan fingerprint density at radius 2 is 1.97 bits per heavy atom. The molecule has 0 bridgehead atoms. The quantitative estimate of drug-likeness (QED) is 0.414. The van der Waals surface area contributed by atoms with E-state index in [1.54, 1.807) is 11.3 Å². The number of aryl methyl sites for hydroxylation is 1. The Hall–Kier alpha value is -2.53. The van der Waals surface area contributed by atoms with Crippen molar-refractivity contribution in [1.82, 2.24) is 25.1 Å². The van der Waals surface area contributed by atoms with Crippen LogP contribution in [0.3, 0.4) is 0 Å². The highest BCUT2D eigenvalue weighted by molar-refractivity contribution is 7.80. The lowest BCUT2D eigenvalue weighted by molar-refractivity contribution is -0.137. The standard InChI is InChI=1S/C25H28N6O2S2/c1-15-26-22(18-6-11-35-24(18)27-15)30-9-7-29(8-10-30)13-16-2-3-17-14-31(25(34)19(17)12-16)20-4-5-21(32)28-23(20)33/h2-3,6,11-12,20,25,34H,4-5,7-10,13-14H2,1H3,(H,28,32,33). The van der Waals surface area contributed by atoms with Crippen LogP contribution < -0.4 is 10.2 Å². The van der Waals surface area contributed by atoms with Crippen LogP contribution in [0.25, 0.3) is 10.2 Å². The fourth-order valence-electron chi connectivity index (χ4n) is 5.43. The van der Waals surface area contributed by atoms with Gasteiger partial charge < -0.3 is 4.90 Å². The first kappa shape index (κ1) is 22.9. The van der Waals surface area contributed by atoms with E-state index in [2.05, 4.69) is 54.6 Å². The molecular formula is C25H28N6O2S2. The van der Waals surface area contributed by atoms with Crippen molar-refractivity contribution < 1.29 is 9.59 Å². The highest BCUT2D eigenvalue weighted by Gasteiger charge is 2.39. The molecule has 3 aliphatic rings. The van der Waals surface area contributed by atoms with Gasteiger partial charge in [0.1, 0.15) is 16.5 Å². The fourth-order valence-corrected chi connectivity index (χ4v) is 6.72. The van der Waals surface area contributed by atoms with Crippen LogP contribution in [-0.4, -0.2) is 63.8 Å². The minimum atomic E-state index is -0.306. The monoisotopic (exact) mass is 508 g/mol. The molecule has 2 unspecified atom stereocenters. The molecule has 2 atom stereocenters. The first-order chi connectivity index (χ1) is 17.0. The van der Waals surface area contributed by atoms with Crippen molar-refractivity contribution in [2.75, 3.05) is 31.1 Å². The number of amides is 2. The number of fused-ring (bicyclic) bond motifs is 2. The van der Waals surface area contributed by atoms with Gasteiger partial charge in [-0.15, -0.1) is 11.3 Å². The normalized spacial score (nSPS) is 23.7. The summed E-state index contributed by atoms with van der Waals surface area (Å²) in [7, 11) is 0. The van der Waals surface area contributed by atoms with E-state index in [0.29, 0.717) is 19.4 Å². The van der Waals surface area contributed by atoms with Crippen LogP contribution in [0.5, 0.6) is 0 Å². The summed E-state index contributed by atoms with van der Waals surface area (Å²) in [6, 6.07) is 8.43. The summed E-state index contributed by atoms with van der Waals surface area (Å²) in [6.07, 6.45) is 0.934. The largest absolute Gasteiger partial charge is 0.353 e. The summed E-state index contributed by atoms with van der Waals surface area (Å²) >= 11 is 6.53. The summed E-state index contributed by atoms with van der Waals surface area (Å²) in [5.41, 5.74) is 3.65. The van der Waals surface area contributed by atoms with Crippen molar-refractivity contribution in [3.05, 3.63) is 52.2 Å². The highest BCUT2D eigenvalue weighted by atomic mass is 32.1. The first-order valence-electron chi connectivity index (χ1n) is 12.0. The van der Waals surface area contributed by atoms with Crippen molar-refractivity contribution in [2.24, 2.45) is 0 Å². The third kappa shape index (κ3) is 4.33. The Morgan fingerprint density at radius 3 is 2.77 bits per heavy atom. The molecule has 1 aromatic carbocycles. The van der Waals surface area contributed by atoms with E-state index >= 15 is 0 Å². The lowest BCUT2D eigenvalue weighted by atomic mass is 10.0. The molecule has 1 N–H and O–H groups in total. The van der Waals surface area contributed by atoms with Gasteiger partial charge in [-0.3, -0.25) is 24.7 Å². The van der Waals surface area contributed by atoms with Crippen LogP contribution in [0.2, 0.25) is 0 Å². The van der Waals surface area contributed by atoms with Crippen molar-refractivity contribution in [3.63, 3.8) is 0 Å². The Kier molecular flexibility index (Phi) is 6.00. The topological polar surface area (TPSA) is 81.7 Å². The number of aromatic nitrogens is 2. The van der Waals surface area contributed by atoms with Gasteiger partial charge in [0.2, 0.25) is 11.8 Å². The fraction of sp³-hybridized carbons (Fsp3) is 0.440. The number of anilines is 1. The van der Waals surface area contributed by atoms with Crippen molar-refractivity contribution >= 4 is 51.8 Å². The number of rotatable bonds is 4. The molecule has 182 valence electrons. The van der Waals surface area contributed by atoms with Gasteiger partial charge in [-0.1, -0.05) is 18.2 Å². The maximum atomic E-state index is 12.4. The number of nitrogens with zero attached hydrogens (tertiary/aromatic N) is 5. The molecule has 5 heterocycles. The SMILES string of the molecule is Cc1nc(N2CCN(Cc3ccc4c(c3)C(S)N(C3CCC(=O)NC3=O)C4)CC2)c2ccsc2n1. The van der Waals surface area contributed by atoms with E-state index in [1.807, 2.05) is 6.92 Å². The molecule has 3 aliphatic heterocycles. The van der Waals surface area contributed by atoms with Gasteiger partial charge in [-0.25, -0.2) is 9.97 Å². The lowest BCUT2D eigenvalue weighted by Crippen LogP contribution is -2.51. The van der Waals surface area contributed by atoms with Crippen molar-refractivity contribution in [1.29, 1.82) is 0 Å². The molecule has 0 spiro atoms. The number of thiol groups is 1. The number of thiophene rings is 1. The number of carbonyl (C=O) groups excluding carboxylic acids is 2. The van der Waals surface area contributed by atoms with Crippen LogP contribution in [0, 0.1) is 6.92 Å². The lowest BCUT2D eigenvalue weighted by Gasteiger charge is -2.35. The van der Waals surface area contributed by atoms with E-state index in [1.165, 1.54) is 16.7 Å². The van der Waals surface area contributed by atoms with E-state index in [0.717, 1.165) is 54.6 Å². The average molecular weight is 509 g/mol. The average Bonchev–Trinajstić information content (AvgIpc) is 3.44. The molecule has 3 aromatic rings. The molecule has 2 amide bonds. The second-order valence-electron chi connectivity index (χ2n) is 9.54. The molecule has 0 aliphatic carbocycles. The van der Waals surface area contributed by atoms with Gasteiger partial charge >= 0.3 is 0 Å². The number of benzene rings is 1. The van der Waals surface area contributed by atoms with Crippen LogP contribution in [0.4, 0.5) is 5.82 Å². The minimum Gasteiger partial charge on any atom is -0.353 e.